The number of benzene rings is 1. The Hall–Kier alpha value is -2.41. The summed E-state index contributed by atoms with van der Waals surface area (Å²) in [6, 6.07) is 5.13. The molecule has 2 rings (SSSR count). The zero-order valence-electron chi connectivity index (χ0n) is 11.6. The molecule has 0 aromatic heterocycles. The summed E-state index contributed by atoms with van der Waals surface area (Å²) >= 11 is 4.75. The summed E-state index contributed by atoms with van der Waals surface area (Å²) in [7, 11) is 1.55. The Morgan fingerprint density at radius 1 is 1.24 bits per heavy atom. The lowest BCUT2D eigenvalue weighted by Gasteiger charge is -2.17. The number of ether oxygens (including phenoxy) is 2. The van der Waals surface area contributed by atoms with E-state index in [4.69, 9.17) is 21.7 Å². The van der Waals surface area contributed by atoms with Gasteiger partial charge >= 0.3 is 0 Å². The minimum atomic E-state index is -0.540. The SMILES string of the molecule is CCOc1cc(OC)ccc1C=C1C(=O)NC(=S)NC1=O. The second-order valence-electron chi connectivity index (χ2n) is 4.13. The van der Waals surface area contributed by atoms with Gasteiger partial charge in [-0.15, -0.1) is 0 Å². The molecule has 1 saturated heterocycles. The van der Waals surface area contributed by atoms with Gasteiger partial charge in [0.15, 0.2) is 5.11 Å². The third-order valence-electron chi connectivity index (χ3n) is 2.76. The van der Waals surface area contributed by atoms with Crippen LogP contribution in [-0.2, 0) is 9.59 Å². The van der Waals surface area contributed by atoms with E-state index in [1.165, 1.54) is 6.08 Å². The maximum absolute atomic E-state index is 11.8. The Balaban J connectivity index is 2.41. The van der Waals surface area contributed by atoms with Gasteiger partial charge in [0.1, 0.15) is 17.1 Å². The highest BCUT2D eigenvalue weighted by Gasteiger charge is 2.26. The zero-order chi connectivity index (χ0) is 15.4. The van der Waals surface area contributed by atoms with Gasteiger partial charge in [0.25, 0.3) is 11.8 Å². The molecular formula is C14H14N2O4S. The Bertz CT molecular complexity index is 618. The van der Waals surface area contributed by atoms with Crippen LogP contribution in [0, 0.1) is 0 Å². The number of methoxy groups -OCH3 is 1. The predicted octanol–water partition coefficient (Wildman–Crippen LogP) is 1.01. The van der Waals surface area contributed by atoms with Crippen molar-refractivity contribution in [1.29, 1.82) is 0 Å². The Kier molecular flexibility index (Phi) is 4.54. The summed E-state index contributed by atoms with van der Waals surface area (Å²) in [6.07, 6.45) is 1.46. The van der Waals surface area contributed by atoms with Crippen LogP contribution in [0.25, 0.3) is 6.08 Å². The van der Waals surface area contributed by atoms with Crippen molar-refractivity contribution in [3.8, 4) is 11.5 Å². The molecule has 0 radical (unpaired) electrons. The maximum Gasteiger partial charge on any atom is 0.263 e. The standard InChI is InChI=1S/C14H14N2O4S/c1-3-20-11-7-9(19-2)5-4-8(11)6-10-12(17)15-14(21)16-13(10)18/h4-7H,3H2,1-2H3,(H2,15,16,17,18,21). The van der Waals surface area contributed by atoms with Gasteiger partial charge in [-0.05, 0) is 37.4 Å². The number of carbonyl (C=O) groups is 2. The summed E-state index contributed by atoms with van der Waals surface area (Å²) in [5.41, 5.74) is 0.570. The number of nitrogens with one attached hydrogen (secondary N) is 2. The zero-order valence-corrected chi connectivity index (χ0v) is 12.4. The summed E-state index contributed by atoms with van der Waals surface area (Å²) in [4.78, 5) is 23.6. The largest absolute Gasteiger partial charge is 0.497 e. The maximum atomic E-state index is 11.8. The van der Waals surface area contributed by atoms with E-state index in [0.29, 0.717) is 23.7 Å². The van der Waals surface area contributed by atoms with Gasteiger partial charge in [-0.25, -0.2) is 0 Å². The van der Waals surface area contributed by atoms with Gasteiger partial charge in [-0.1, -0.05) is 0 Å². The van der Waals surface area contributed by atoms with Crippen LogP contribution in [-0.4, -0.2) is 30.6 Å². The summed E-state index contributed by atoms with van der Waals surface area (Å²) in [5, 5.41) is 4.76. The van der Waals surface area contributed by atoms with Crippen molar-refractivity contribution in [2.75, 3.05) is 13.7 Å². The van der Waals surface area contributed by atoms with Crippen LogP contribution in [0.15, 0.2) is 23.8 Å². The highest BCUT2D eigenvalue weighted by atomic mass is 32.1. The third kappa shape index (κ3) is 3.38. The molecule has 0 atom stereocenters. The molecule has 110 valence electrons. The molecule has 0 saturated carbocycles. The van der Waals surface area contributed by atoms with E-state index in [0.717, 1.165) is 0 Å². The van der Waals surface area contributed by atoms with E-state index in [1.807, 2.05) is 6.92 Å². The smallest absolute Gasteiger partial charge is 0.263 e. The van der Waals surface area contributed by atoms with Gasteiger partial charge < -0.3 is 9.47 Å². The third-order valence-corrected chi connectivity index (χ3v) is 2.97. The van der Waals surface area contributed by atoms with E-state index in [1.54, 1.807) is 25.3 Å². The first kappa shape index (κ1) is 15.0. The number of carbonyl (C=O) groups excluding carboxylic acids is 2. The number of hydrogen-bond donors (Lipinski definition) is 2. The molecule has 0 bridgehead atoms. The van der Waals surface area contributed by atoms with Gasteiger partial charge in [-0.2, -0.15) is 0 Å². The van der Waals surface area contributed by atoms with Crippen molar-refractivity contribution < 1.29 is 19.1 Å². The summed E-state index contributed by atoms with van der Waals surface area (Å²) in [6.45, 7) is 2.29. The fourth-order valence-corrected chi connectivity index (χ4v) is 1.99. The minimum Gasteiger partial charge on any atom is -0.497 e. The number of hydrogen-bond acceptors (Lipinski definition) is 5. The molecule has 1 fully saturated rings. The van der Waals surface area contributed by atoms with Crippen molar-refractivity contribution in [3.63, 3.8) is 0 Å². The van der Waals surface area contributed by atoms with E-state index >= 15 is 0 Å². The van der Waals surface area contributed by atoms with E-state index in [2.05, 4.69) is 10.6 Å². The number of amides is 2. The summed E-state index contributed by atoms with van der Waals surface area (Å²) in [5.74, 6) is 0.0708. The Labute approximate surface area is 127 Å². The molecule has 2 N–H and O–H groups in total. The molecule has 1 aliphatic heterocycles. The highest BCUT2D eigenvalue weighted by Crippen LogP contribution is 2.27. The predicted molar refractivity (Wildman–Crippen MR) is 81.0 cm³/mol. The molecule has 6 nitrogen and oxygen atoms in total. The van der Waals surface area contributed by atoms with Crippen molar-refractivity contribution in [3.05, 3.63) is 29.3 Å². The van der Waals surface area contributed by atoms with Crippen LogP contribution < -0.4 is 20.1 Å². The highest BCUT2D eigenvalue weighted by molar-refractivity contribution is 7.80. The number of rotatable bonds is 4. The summed E-state index contributed by atoms with van der Waals surface area (Å²) < 4.78 is 10.6. The molecular weight excluding hydrogens is 292 g/mol. The van der Waals surface area contributed by atoms with Crippen molar-refractivity contribution >= 4 is 35.2 Å². The van der Waals surface area contributed by atoms with Crippen LogP contribution in [0.1, 0.15) is 12.5 Å². The quantitative estimate of drug-likeness (QED) is 0.493. The fraction of sp³-hybridized carbons (Fsp3) is 0.214. The molecule has 1 aromatic rings. The number of thiocarbonyl (C=S) groups is 1. The molecule has 21 heavy (non-hydrogen) atoms. The van der Waals surface area contributed by atoms with Crippen LogP contribution in [0.3, 0.4) is 0 Å². The molecule has 7 heteroatoms. The van der Waals surface area contributed by atoms with Crippen LogP contribution in [0.5, 0.6) is 11.5 Å². The fourth-order valence-electron chi connectivity index (χ4n) is 1.80. The minimum absolute atomic E-state index is 0.00177. The second kappa shape index (κ2) is 6.36. The first-order valence-electron chi connectivity index (χ1n) is 6.24. The van der Waals surface area contributed by atoms with Gasteiger partial charge in [-0.3, -0.25) is 20.2 Å². The molecule has 0 spiro atoms. The van der Waals surface area contributed by atoms with E-state index in [9.17, 15) is 9.59 Å². The van der Waals surface area contributed by atoms with E-state index in [-0.39, 0.29) is 10.7 Å². The first-order chi connectivity index (χ1) is 10.0. The molecule has 1 aliphatic rings. The lowest BCUT2D eigenvalue weighted by molar-refractivity contribution is -0.123. The van der Waals surface area contributed by atoms with Crippen molar-refractivity contribution in [2.45, 2.75) is 6.92 Å². The average Bonchev–Trinajstić information content (AvgIpc) is 2.44. The van der Waals surface area contributed by atoms with E-state index < -0.39 is 11.8 Å². The molecule has 0 unspecified atom stereocenters. The molecule has 1 heterocycles. The van der Waals surface area contributed by atoms with Crippen LogP contribution in [0.2, 0.25) is 0 Å². The van der Waals surface area contributed by atoms with Crippen LogP contribution >= 0.6 is 12.2 Å². The molecule has 2 amide bonds. The molecule has 0 aliphatic carbocycles. The second-order valence-corrected chi connectivity index (χ2v) is 4.54. The lowest BCUT2D eigenvalue weighted by Crippen LogP contribution is -2.51. The first-order valence-corrected chi connectivity index (χ1v) is 6.65. The van der Waals surface area contributed by atoms with Gasteiger partial charge in [0, 0.05) is 11.6 Å². The van der Waals surface area contributed by atoms with Crippen molar-refractivity contribution in [1.82, 2.24) is 10.6 Å². The normalized spacial score (nSPS) is 14.4. The lowest BCUT2D eigenvalue weighted by atomic mass is 10.1. The average molecular weight is 306 g/mol. The van der Waals surface area contributed by atoms with Gasteiger partial charge in [0.05, 0.1) is 13.7 Å². The Morgan fingerprint density at radius 2 is 1.90 bits per heavy atom. The molecule has 1 aromatic carbocycles. The van der Waals surface area contributed by atoms with Gasteiger partial charge in [0.2, 0.25) is 0 Å². The monoisotopic (exact) mass is 306 g/mol. The topological polar surface area (TPSA) is 76.7 Å². The Morgan fingerprint density at radius 3 is 2.48 bits per heavy atom. The van der Waals surface area contributed by atoms with Crippen LogP contribution in [0.4, 0.5) is 0 Å². The van der Waals surface area contributed by atoms with Crippen molar-refractivity contribution in [2.24, 2.45) is 0 Å².